The van der Waals surface area contributed by atoms with Gasteiger partial charge in [-0.2, -0.15) is 4.98 Å². The van der Waals surface area contributed by atoms with E-state index in [4.69, 9.17) is 16.1 Å². The van der Waals surface area contributed by atoms with Gasteiger partial charge in [0.25, 0.3) is 0 Å². The molecule has 2 N–H and O–H groups in total. The van der Waals surface area contributed by atoms with Crippen molar-refractivity contribution in [2.45, 2.75) is 32.4 Å². The fraction of sp³-hybridized carbons (Fsp3) is 0.500. The van der Waals surface area contributed by atoms with Crippen LogP contribution in [0.2, 0.25) is 5.02 Å². The number of halogens is 2. The van der Waals surface area contributed by atoms with Gasteiger partial charge in [-0.3, -0.25) is 9.89 Å². The normalized spacial score (nSPS) is 17.6. The molecular weight excluding hydrogens is 479 g/mol. The second-order valence-electron chi connectivity index (χ2n) is 6.25. The summed E-state index contributed by atoms with van der Waals surface area (Å²) in [4.78, 5) is 11.2. The lowest BCUT2D eigenvalue weighted by Gasteiger charge is -2.23. The van der Waals surface area contributed by atoms with Crippen LogP contribution in [0.4, 0.5) is 0 Å². The monoisotopic (exact) mass is 504 g/mol. The maximum Gasteiger partial charge on any atom is 0.246 e. The standard InChI is InChI=1S/C18H25ClN6O.HI/c1-3-25-9-5-8-15(25)11-21-18(20-2)22-12-16-23-17(24-26-16)13-6-4-7-14(19)10-13;/h4,6-7,10,15H,3,5,8-9,11-12H2,1-2H3,(H2,20,21,22);1H. The molecule has 7 nitrogen and oxygen atoms in total. The highest BCUT2D eigenvalue weighted by Gasteiger charge is 2.22. The first-order valence-electron chi connectivity index (χ1n) is 8.96. The zero-order valence-corrected chi connectivity index (χ0v) is 18.7. The van der Waals surface area contributed by atoms with Crippen LogP contribution in [0, 0.1) is 0 Å². The highest BCUT2D eigenvalue weighted by molar-refractivity contribution is 14.0. The Morgan fingerprint density at radius 1 is 1.41 bits per heavy atom. The van der Waals surface area contributed by atoms with E-state index in [1.165, 1.54) is 19.4 Å². The van der Waals surface area contributed by atoms with Crippen LogP contribution in [0.5, 0.6) is 0 Å². The summed E-state index contributed by atoms with van der Waals surface area (Å²) in [7, 11) is 1.76. The second kappa shape index (κ2) is 10.8. The minimum absolute atomic E-state index is 0. The number of nitrogens with zero attached hydrogens (tertiary/aromatic N) is 4. The van der Waals surface area contributed by atoms with Crippen molar-refractivity contribution in [2.75, 3.05) is 26.7 Å². The minimum atomic E-state index is 0. The molecule has 2 aromatic rings. The molecule has 3 rings (SSSR count). The Morgan fingerprint density at radius 2 is 2.26 bits per heavy atom. The van der Waals surface area contributed by atoms with Crippen molar-refractivity contribution in [3.8, 4) is 11.4 Å². The summed E-state index contributed by atoms with van der Waals surface area (Å²) in [6.45, 7) is 5.77. The predicted molar refractivity (Wildman–Crippen MR) is 119 cm³/mol. The van der Waals surface area contributed by atoms with Crippen molar-refractivity contribution >= 4 is 41.5 Å². The largest absolute Gasteiger partial charge is 0.355 e. The Labute approximate surface area is 182 Å². The number of aliphatic imine (C=N–C) groups is 1. The summed E-state index contributed by atoms with van der Waals surface area (Å²) in [5.41, 5.74) is 0.830. The smallest absolute Gasteiger partial charge is 0.246 e. The highest BCUT2D eigenvalue weighted by atomic mass is 127. The average Bonchev–Trinajstić information content (AvgIpc) is 3.31. The number of hydrogen-bond donors (Lipinski definition) is 2. The lowest BCUT2D eigenvalue weighted by atomic mass is 10.2. The first kappa shape index (κ1) is 21.9. The van der Waals surface area contributed by atoms with E-state index in [1.54, 1.807) is 7.05 Å². The molecule has 1 unspecified atom stereocenters. The van der Waals surface area contributed by atoms with Crippen molar-refractivity contribution < 1.29 is 4.52 Å². The van der Waals surface area contributed by atoms with Crippen LogP contribution in [0.15, 0.2) is 33.8 Å². The second-order valence-corrected chi connectivity index (χ2v) is 6.69. The predicted octanol–water partition coefficient (Wildman–Crippen LogP) is 3.16. The van der Waals surface area contributed by atoms with Gasteiger partial charge in [-0.1, -0.05) is 35.8 Å². The molecule has 0 spiro atoms. The summed E-state index contributed by atoms with van der Waals surface area (Å²) >= 11 is 6.01. The van der Waals surface area contributed by atoms with Crippen LogP contribution in [-0.2, 0) is 6.54 Å². The zero-order valence-electron chi connectivity index (χ0n) is 15.6. The van der Waals surface area contributed by atoms with Crippen LogP contribution in [-0.4, -0.2) is 53.7 Å². The SMILES string of the molecule is CCN1CCCC1CNC(=NC)NCc1nc(-c2cccc(Cl)c2)no1.I. The third kappa shape index (κ3) is 6.05. The number of rotatable bonds is 6. The number of likely N-dealkylation sites (N-methyl/N-ethyl adjacent to an activating group) is 1. The number of nitrogens with one attached hydrogen (secondary N) is 2. The van der Waals surface area contributed by atoms with E-state index in [0.717, 1.165) is 24.6 Å². The summed E-state index contributed by atoms with van der Waals surface area (Å²) in [5.74, 6) is 1.76. The molecular formula is C18H26ClIN6O. The van der Waals surface area contributed by atoms with Crippen molar-refractivity contribution in [1.29, 1.82) is 0 Å². The minimum Gasteiger partial charge on any atom is -0.355 e. The molecule has 0 aliphatic carbocycles. The van der Waals surface area contributed by atoms with Gasteiger partial charge < -0.3 is 15.2 Å². The van der Waals surface area contributed by atoms with Crippen LogP contribution in [0.3, 0.4) is 0 Å². The molecule has 1 aliphatic rings. The molecule has 1 saturated heterocycles. The maximum atomic E-state index is 6.01. The first-order chi connectivity index (χ1) is 12.7. The van der Waals surface area contributed by atoms with Crippen LogP contribution >= 0.6 is 35.6 Å². The summed E-state index contributed by atoms with van der Waals surface area (Å²) in [6.07, 6.45) is 2.49. The van der Waals surface area contributed by atoms with E-state index in [2.05, 4.69) is 37.6 Å². The quantitative estimate of drug-likeness (QED) is 0.357. The van der Waals surface area contributed by atoms with Gasteiger partial charge in [0, 0.05) is 30.2 Å². The molecule has 1 fully saturated rings. The number of benzene rings is 1. The lowest BCUT2D eigenvalue weighted by molar-refractivity contribution is 0.267. The molecule has 1 aliphatic heterocycles. The molecule has 148 valence electrons. The highest BCUT2D eigenvalue weighted by Crippen LogP contribution is 2.20. The van der Waals surface area contributed by atoms with Crippen LogP contribution < -0.4 is 10.6 Å². The van der Waals surface area contributed by atoms with E-state index in [-0.39, 0.29) is 24.0 Å². The van der Waals surface area contributed by atoms with Crippen LogP contribution in [0.1, 0.15) is 25.7 Å². The van der Waals surface area contributed by atoms with Gasteiger partial charge in [0.05, 0.1) is 6.54 Å². The molecule has 0 radical (unpaired) electrons. The van der Waals surface area contributed by atoms with Crippen molar-refractivity contribution in [3.63, 3.8) is 0 Å². The number of guanidine groups is 1. The Hall–Kier alpha value is -1.39. The molecule has 0 bridgehead atoms. The van der Waals surface area contributed by atoms with Gasteiger partial charge in [-0.25, -0.2) is 0 Å². The van der Waals surface area contributed by atoms with Gasteiger partial charge in [0.15, 0.2) is 5.96 Å². The Kier molecular flexibility index (Phi) is 8.78. The number of hydrogen-bond acceptors (Lipinski definition) is 5. The zero-order chi connectivity index (χ0) is 18.4. The Bertz CT molecular complexity index is 753. The molecule has 1 atom stereocenters. The summed E-state index contributed by atoms with van der Waals surface area (Å²) in [6, 6.07) is 7.95. The number of likely N-dealkylation sites (tertiary alicyclic amines) is 1. The lowest BCUT2D eigenvalue weighted by Crippen LogP contribution is -2.44. The molecule has 2 heterocycles. The third-order valence-corrected chi connectivity index (χ3v) is 4.83. The fourth-order valence-electron chi connectivity index (χ4n) is 3.21. The van der Waals surface area contributed by atoms with E-state index in [9.17, 15) is 0 Å². The van der Waals surface area contributed by atoms with Crippen LogP contribution in [0.25, 0.3) is 11.4 Å². The molecule has 0 amide bonds. The molecule has 0 saturated carbocycles. The fourth-order valence-corrected chi connectivity index (χ4v) is 3.40. The average molecular weight is 505 g/mol. The third-order valence-electron chi connectivity index (χ3n) is 4.59. The molecule has 9 heteroatoms. The van der Waals surface area contributed by atoms with Gasteiger partial charge in [0.2, 0.25) is 11.7 Å². The van der Waals surface area contributed by atoms with Crippen molar-refractivity contribution in [3.05, 3.63) is 35.2 Å². The first-order valence-corrected chi connectivity index (χ1v) is 9.34. The molecule has 1 aromatic carbocycles. The van der Waals surface area contributed by atoms with Crippen molar-refractivity contribution in [1.82, 2.24) is 25.7 Å². The Morgan fingerprint density at radius 3 is 3.00 bits per heavy atom. The van der Waals surface area contributed by atoms with Gasteiger partial charge in [0.1, 0.15) is 0 Å². The Balaban J connectivity index is 0.00000261. The summed E-state index contributed by atoms with van der Waals surface area (Å²) in [5, 5.41) is 11.3. The van der Waals surface area contributed by atoms with Gasteiger partial charge >= 0.3 is 0 Å². The topological polar surface area (TPSA) is 78.6 Å². The van der Waals surface area contributed by atoms with Crippen molar-refractivity contribution in [2.24, 2.45) is 4.99 Å². The molecule has 27 heavy (non-hydrogen) atoms. The molecule has 1 aromatic heterocycles. The van der Waals surface area contributed by atoms with E-state index in [0.29, 0.717) is 29.3 Å². The van der Waals surface area contributed by atoms with E-state index >= 15 is 0 Å². The summed E-state index contributed by atoms with van der Waals surface area (Å²) < 4.78 is 5.31. The van der Waals surface area contributed by atoms with E-state index < -0.39 is 0 Å². The van der Waals surface area contributed by atoms with Gasteiger partial charge in [-0.05, 0) is 38.1 Å². The maximum absolute atomic E-state index is 6.01. The van der Waals surface area contributed by atoms with E-state index in [1.807, 2.05) is 24.3 Å². The number of aromatic nitrogens is 2. The van der Waals surface area contributed by atoms with Gasteiger partial charge in [-0.15, -0.1) is 24.0 Å².